The van der Waals surface area contributed by atoms with Crippen LogP contribution in [0.2, 0.25) is 0 Å². The number of rotatable bonds is 1. The van der Waals surface area contributed by atoms with Gasteiger partial charge in [0, 0.05) is 4.48 Å². The largest absolute Gasteiger partial charge is 0.465 e. The molecule has 0 amide bonds. The lowest BCUT2D eigenvalue weighted by Crippen LogP contribution is -2.05. The second-order valence-corrected chi connectivity index (χ2v) is 4.23. The Morgan fingerprint density at radius 3 is 2.71 bits per heavy atom. The Hall–Kier alpha value is -0.830. The lowest BCUT2D eigenvalue weighted by molar-refractivity contribution is -0.135. The molecule has 0 saturated carbocycles. The standard InChI is InChI=1S/C11H13BrO2/c1-7-4-8(2)10(11(13)14-3)6-9(12)5-7/h4-7H,1-3H3. The maximum atomic E-state index is 11.4. The summed E-state index contributed by atoms with van der Waals surface area (Å²) in [5, 5.41) is 0. The monoisotopic (exact) mass is 256 g/mol. The van der Waals surface area contributed by atoms with Crippen LogP contribution in [-0.2, 0) is 9.53 Å². The van der Waals surface area contributed by atoms with Gasteiger partial charge in [-0.05, 0) is 24.5 Å². The molecule has 14 heavy (non-hydrogen) atoms. The number of methoxy groups -OCH3 is 1. The predicted molar refractivity (Wildman–Crippen MR) is 60.0 cm³/mol. The van der Waals surface area contributed by atoms with E-state index in [1.54, 1.807) is 6.08 Å². The third kappa shape index (κ3) is 2.58. The third-order valence-corrected chi connectivity index (χ3v) is 2.54. The van der Waals surface area contributed by atoms with Gasteiger partial charge in [0.05, 0.1) is 12.7 Å². The molecule has 1 unspecified atom stereocenters. The maximum Gasteiger partial charge on any atom is 0.338 e. The van der Waals surface area contributed by atoms with E-state index in [-0.39, 0.29) is 5.97 Å². The predicted octanol–water partition coefficient (Wildman–Crippen LogP) is 2.96. The SMILES string of the molecule is COC(=O)C1=CC(Br)=CC(C)C=C1C. The van der Waals surface area contributed by atoms with E-state index in [9.17, 15) is 4.79 Å². The summed E-state index contributed by atoms with van der Waals surface area (Å²) in [7, 11) is 1.39. The minimum Gasteiger partial charge on any atom is -0.465 e. The minimum atomic E-state index is -0.293. The zero-order valence-corrected chi connectivity index (χ0v) is 10.1. The highest BCUT2D eigenvalue weighted by atomic mass is 79.9. The van der Waals surface area contributed by atoms with Crippen LogP contribution in [-0.4, -0.2) is 13.1 Å². The molecule has 0 N–H and O–H groups in total. The van der Waals surface area contributed by atoms with E-state index in [1.165, 1.54) is 7.11 Å². The first-order valence-electron chi connectivity index (χ1n) is 4.40. The second kappa shape index (κ2) is 4.60. The quantitative estimate of drug-likeness (QED) is 0.675. The van der Waals surface area contributed by atoms with Gasteiger partial charge in [-0.3, -0.25) is 0 Å². The maximum absolute atomic E-state index is 11.4. The summed E-state index contributed by atoms with van der Waals surface area (Å²) in [5.74, 6) is 0.0287. The summed E-state index contributed by atoms with van der Waals surface area (Å²) in [5.41, 5.74) is 1.56. The van der Waals surface area contributed by atoms with Crippen molar-refractivity contribution in [2.45, 2.75) is 13.8 Å². The highest BCUT2D eigenvalue weighted by Gasteiger charge is 2.15. The van der Waals surface area contributed by atoms with Gasteiger partial charge in [-0.15, -0.1) is 0 Å². The fourth-order valence-electron chi connectivity index (χ4n) is 1.41. The van der Waals surface area contributed by atoms with E-state index in [2.05, 4.69) is 22.9 Å². The zero-order chi connectivity index (χ0) is 10.7. The van der Waals surface area contributed by atoms with Crippen LogP contribution in [0.25, 0.3) is 0 Å². The minimum absolute atomic E-state index is 0.293. The van der Waals surface area contributed by atoms with E-state index in [0.717, 1.165) is 10.1 Å². The summed E-state index contributed by atoms with van der Waals surface area (Å²) in [4.78, 5) is 11.4. The van der Waals surface area contributed by atoms with Gasteiger partial charge in [0.15, 0.2) is 0 Å². The molecule has 0 aromatic rings. The van der Waals surface area contributed by atoms with Gasteiger partial charge in [-0.1, -0.05) is 35.0 Å². The molecular formula is C11H13BrO2. The molecule has 0 aromatic heterocycles. The van der Waals surface area contributed by atoms with E-state index < -0.39 is 0 Å². The Labute approximate surface area is 92.5 Å². The molecule has 0 saturated heterocycles. The van der Waals surface area contributed by atoms with Crippen LogP contribution in [0.1, 0.15) is 13.8 Å². The molecule has 0 fully saturated rings. The highest BCUT2D eigenvalue weighted by molar-refractivity contribution is 9.11. The van der Waals surface area contributed by atoms with Gasteiger partial charge >= 0.3 is 5.97 Å². The number of esters is 1. The molecular weight excluding hydrogens is 244 g/mol. The van der Waals surface area contributed by atoms with Crippen LogP contribution < -0.4 is 0 Å². The molecule has 0 bridgehead atoms. The lowest BCUT2D eigenvalue weighted by Gasteiger charge is -2.04. The number of halogens is 1. The van der Waals surface area contributed by atoms with E-state index >= 15 is 0 Å². The van der Waals surface area contributed by atoms with Crippen molar-refractivity contribution in [2.24, 2.45) is 5.92 Å². The summed E-state index contributed by atoms with van der Waals surface area (Å²) in [6.07, 6.45) is 5.87. The number of allylic oxidation sites excluding steroid dienone is 4. The molecule has 0 spiro atoms. The van der Waals surface area contributed by atoms with Gasteiger partial charge in [0.2, 0.25) is 0 Å². The summed E-state index contributed by atoms with van der Waals surface area (Å²) in [6.45, 7) is 3.98. The van der Waals surface area contributed by atoms with Crippen molar-refractivity contribution in [3.8, 4) is 0 Å². The van der Waals surface area contributed by atoms with E-state index in [1.807, 2.05) is 19.1 Å². The van der Waals surface area contributed by atoms with Crippen molar-refractivity contribution in [1.82, 2.24) is 0 Å². The van der Waals surface area contributed by atoms with Gasteiger partial charge < -0.3 is 4.74 Å². The fourth-order valence-corrected chi connectivity index (χ4v) is 2.06. The molecule has 1 aliphatic rings. The Morgan fingerprint density at radius 2 is 2.14 bits per heavy atom. The lowest BCUT2D eigenvalue weighted by atomic mass is 10.1. The molecule has 1 aliphatic carbocycles. The molecule has 76 valence electrons. The molecule has 3 heteroatoms. The van der Waals surface area contributed by atoms with E-state index in [4.69, 9.17) is 4.74 Å². The van der Waals surface area contributed by atoms with Crippen LogP contribution in [0.4, 0.5) is 0 Å². The zero-order valence-electron chi connectivity index (χ0n) is 8.50. The summed E-state index contributed by atoms with van der Waals surface area (Å²) >= 11 is 3.39. The Balaban J connectivity index is 3.09. The van der Waals surface area contributed by atoms with Crippen molar-refractivity contribution in [3.63, 3.8) is 0 Å². The van der Waals surface area contributed by atoms with Crippen LogP contribution >= 0.6 is 15.9 Å². The number of ether oxygens (including phenoxy) is 1. The van der Waals surface area contributed by atoms with Gasteiger partial charge in [0.1, 0.15) is 0 Å². The third-order valence-electron chi connectivity index (χ3n) is 2.05. The second-order valence-electron chi connectivity index (χ2n) is 3.31. The van der Waals surface area contributed by atoms with Crippen molar-refractivity contribution >= 4 is 21.9 Å². The number of hydrogen-bond acceptors (Lipinski definition) is 2. The molecule has 0 aliphatic heterocycles. The first kappa shape index (κ1) is 11.2. The average Bonchev–Trinajstić information content (AvgIpc) is 2.23. The van der Waals surface area contributed by atoms with Crippen molar-refractivity contribution in [2.75, 3.05) is 7.11 Å². The topological polar surface area (TPSA) is 26.3 Å². The first-order chi connectivity index (χ1) is 6.54. The summed E-state index contributed by atoms with van der Waals surface area (Å²) in [6, 6.07) is 0. The Bertz CT molecular complexity index is 337. The molecule has 1 atom stereocenters. The highest BCUT2D eigenvalue weighted by Crippen LogP contribution is 2.24. The van der Waals surface area contributed by atoms with Gasteiger partial charge in [-0.2, -0.15) is 0 Å². The van der Waals surface area contributed by atoms with Crippen LogP contribution in [0.3, 0.4) is 0 Å². The van der Waals surface area contributed by atoms with Crippen molar-refractivity contribution < 1.29 is 9.53 Å². The van der Waals surface area contributed by atoms with Crippen LogP contribution in [0.15, 0.2) is 33.9 Å². The fraction of sp³-hybridized carbons (Fsp3) is 0.364. The smallest absolute Gasteiger partial charge is 0.338 e. The van der Waals surface area contributed by atoms with Gasteiger partial charge in [0.25, 0.3) is 0 Å². The average molecular weight is 257 g/mol. The number of carbonyl (C=O) groups excluding carboxylic acids is 1. The van der Waals surface area contributed by atoms with Crippen LogP contribution in [0, 0.1) is 5.92 Å². The molecule has 2 nitrogen and oxygen atoms in total. The molecule has 0 aromatic carbocycles. The Kier molecular flexibility index (Phi) is 3.69. The Morgan fingerprint density at radius 1 is 1.50 bits per heavy atom. The first-order valence-corrected chi connectivity index (χ1v) is 5.20. The van der Waals surface area contributed by atoms with Crippen molar-refractivity contribution in [1.29, 1.82) is 0 Å². The van der Waals surface area contributed by atoms with Gasteiger partial charge in [-0.25, -0.2) is 4.79 Å². The number of carbonyl (C=O) groups is 1. The molecule has 0 heterocycles. The number of hydrogen-bond donors (Lipinski definition) is 0. The molecule has 1 rings (SSSR count). The van der Waals surface area contributed by atoms with Crippen molar-refractivity contribution in [3.05, 3.63) is 33.9 Å². The normalized spacial score (nSPS) is 21.7. The van der Waals surface area contributed by atoms with E-state index in [0.29, 0.717) is 11.5 Å². The van der Waals surface area contributed by atoms with Crippen LogP contribution in [0.5, 0.6) is 0 Å². The molecule has 0 radical (unpaired) electrons. The summed E-state index contributed by atoms with van der Waals surface area (Å²) < 4.78 is 5.62.